The highest BCUT2D eigenvalue weighted by Gasteiger charge is 2.20. The summed E-state index contributed by atoms with van der Waals surface area (Å²) in [4.78, 5) is 9.21. The standard InChI is InChI=1S/C34H21N3O2/c1-2-12-30-27(10-1)33-31(39-30)17-16-26-25-15-14-24(21-29(25)37(34(26)33)32-13-4-6-19-36-32)38-23-9-7-8-22(20-23)28-11-3-5-18-35-28/h1-21H. The van der Waals surface area contributed by atoms with Crippen molar-refractivity contribution in [2.45, 2.75) is 0 Å². The largest absolute Gasteiger partial charge is 0.457 e. The van der Waals surface area contributed by atoms with Crippen molar-refractivity contribution in [3.63, 3.8) is 0 Å². The molecule has 4 aromatic carbocycles. The fourth-order valence-corrected chi connectivity index (χ4v) is 5.47. The average molecular weight is 504 g/mol. The highest BCUT2D eigenvalue weighted by Crippen LogP contribution is 2.41. The van der Waals surface area contributed by atoms with Crippen LogP contribution in [0.2, 0.25) is 0 Å². The Hall–Kier alpha value is -5.42. The van der Waals surface area contributed by atoms with E-state index < -0.39 is 0 Å². The monoisotopic (exact) mass is 503 g/mol. The zero-order valence-corrected chi connectivity index (χ0v) is 20.8. The number of nitrogens with zero attached hydrogens (tertiary/aromatic N) is 3. The highest BCUT2D eigenvalue weighted by atomic mass is 16.5. The third kappa shape index (κ3) is 3.48. The van der Waals surface area contributed by atoms with Crippen LogP contribution in [-0.4, -0.2) is 14.5 Å². The van der Waals surface area contributed by atoms with Crippen molar-refractivity contribution in [3.8, 4) is 28.6 Å². The smallest absolute Gasteiger partial charge is 0.137 e. The van der Waals surface area contributed by atoms with Crippen LogP contribution in [0.5, 0.6) is 11.5 Å². The van der Waals surface area contributed by atoms with Crippen LogP contribution in [0.25, 0.3) is 60.8 Å². The molecule has 4 aromatic heterocycles. The van der Waals surface area contributed by atoms with Gasteiger partial charge in [-0.1, -0.05) is 42.5 Å². The third-order valence-electron chi connectivity index (χ3n) is 7.15. The Kier molecular flexibility index (Phi) is 4.76. The van der Waals surface area contributed by atoms with Crippen molar-refractivity contribution in [2.24, 2.45) is 0 Å². The molecular formula is C34H21N3O2. The maximum atomic E-state index is 6.40. The number of para-hydroxylation sites is 1. The molecule has 0 aliphatic heterocycles. The third-order valence-corrected chi connectivity index (χ3v) is 7.15. The Labute approximate surface area is 223 Å². The molecule has 0 fully saturated rings. The summed E-state index contributed by atoms with van der Waals surface area (Å²) in [5, 5.41) is 4.42. The van der Waals surface area contributed by atoms with Gasteiger partial charge in [-0.25, -0.2) is 4.98 Å². The van der Waals surface area contributed by atoms with E-state index in [1.807, 2.05) is 85.1 Å². The molecule has 0 radical (unpaired) electrons. The van der Waals surface area contributed by atoms with Crippen molar-refractivity contribution in [2.75, 3.05) is 0 Å². The van der Waals surface area contributed by atoms with Crippen LogP contribution >= 0.6 is 0 Å². The Morgan fingerprint density at radius 3 is 2.28 bits per heavy atom. The van der Waals surface area contributed by atoms with E-state index in [0.29, 0.717) is 0 Å². The van der Waals surface area contributed by atoms with Gasteiger partial charge in [-0.3, -0.25) is 9.55 Å². The van der Waals surface area contributed by atoms with Crippen LogP contribution in [0, 0.1) is 0 Å². The lowest BCUT2D eigenvalue weighted by molar-refractivity contribution is 0.483. The molecule has 0 aliphatic carbocycles. The van der Waals surface area contributed by atoms with Gasteiger partial charge in [-0.05, 0) is 66.7 Å². The fourth-order valence-electron chi connectivity index (χ4n) is 5.47. The number of ether oxygens (including phenoxy) is 1. The summed E-state index contributed by atoms with van der Waals surface area (Å²) in [5.41, 5.74) is 5.72. The highest BCUT2D eigenvalue weighted by molar-refractivity contribution is 6.24. The van der Waals surface area contributed by atoms with Gasteiger partial charge in [0.2, 0.25) is 0 Å². The van der Waals surface area contributed by atoms with E-state index in [0.717, 1.165) is 72.3 Å². The molecule has 5 nitrogen and oxygen atoms in total. The van der Waals surface area contributed by atoms with Gasteiger partial charge in [0.05, 0.1) is 22.1 Å². The first kappa shape index (κ1) is 21.6. The second-order valence-corrected chi connectivity index (χ2v) is 9.48. The molecule has 5 heteroatoms. The zero-order chi connectivity index (χ0) is 25.8. The van der Waals surface area contributed by atoms with Gasteiger partial charge in [0.1, 0.15) is 28.5 Å². The molecule has 4 heterocycles. The molecule has 0 amide bonds. The summed E-state index contributed by atoms with van der Waals surface area (Å²) in [6, 6.07) is 38.5. The van der Waals surface area contributed by atoms with E-state index in [1.54, 1.807) is 6.20 Å². The first-order chi connectivity index (χ1) is 19.3. The summed E-state index contributed by atoms with van der Waals surface area (Å²) in [6.45, 7) is 0. The van der Waals surface area contributed by atoms with E-state index in [4.69, 9.17) is 14.1 Å². The van der Waals surface area contributed by atoms with Gasteiger partial charge in [0.25, 0.3) is 0 Å². The molecule has 0 saturated carbocycles. The zero-order valence-electron chi connectivity index (χ0n) is 20.8. The Balaban J connectivity index is 1.35. The maximum absolute atomic E-state index is 6.40. The molecule has 0 saturated heterocycles. The molecule has 8 aromatic rings. The van der Waals surface area contributed by atoms with Crippen LogP contribution in [-0.2, 0) is 0 Å². The lowest BCUT2D eigenvalue weighted by atomic mass is 10.1. The van der Waals surface area contributed by atoms with Gasteiger partial charge < -0.3 is 9.15 Å². The number of pyridine rings is 2. The normalized spacial score (nSPS) is 11.6. The summed E-state index contributed by atoms with van der Waals surface area (Å²) in [5.74, 6) is 2.33. The second kappa shape index (κ2) is 8.57. The molecule has 0 bridgehead atoms. The summed E-state index contributed by atoms with van der Waals surface area (Å²) in [6.07, 6.45) is 3.62. The van der Waals surface area contributed by atoms with Gasteiger partial charge in [-0.15, -0.1) is 0 Å². The van der Waals surface area contributed by atoms with E-state index in [2.05, 4.69) is 45.9 Å². The van der Waals surface area contributed by atoms with Gasteiger partial charge in [0.15, 0.2) is 0 Å². The summed E-state index contributed by atoms with van der Waals surface area (Å²) in [7, 11) is 0. The van der Waals surface area contributed by atoms with Crippen LogP contribution in [0.3, 0.4) is 0 Å². The Morgan fingerprint density at radius 1 is 0.590 bits per heavy atom. The molecule has 0 atom stereocenters. The number of benzene rings is 4. The van der Waals surface area contributed by atoms with Crippen molar-refractivity contribution in [3.05, 3.63) is 128 Å². The topological polar surface area (TPSA) is 53.1 Å². The minimum absolute atomic E-state index is 0.744. The number of hydrogen-bond donors (Lipinski definition) is 0. The van der Waals surface area contributed by atoms with Crippen LogP contribution in [0.4, 0.5) is 0 Å². The van der Waals surface area contributed by atoms with Crippen molar-refractivity contribution < 1.29 is 9.15 Å². The molecule has 0 aliphatic rings. The van der Waals surface area contributed by atoms with E-state index >= 15 is 0 Å². The van der Waals surface area contributed by atoms with Gasteiger partial charge in [-0.2, -0.15) is 0 Å². The van der Waals surface area contributed by atoms with Crippen LogP contribution < -0.4 is 4.74 Å². The van der Waals surface area contributed by atoms with Crippen LogP contribution in [0.1, 0.15) is 0 Å². The minimum atomic E-state index is 0.744. The lowest BCUT2D eigenvalue weighted by Crippen LogP contribution is -1.97. The molecule has 0 spiro atoms. The van der Waals surface area contributed by atoms with E-state index in [1.165, 1.54) is 0 Å². The fraction of sp³-hybridized carbons (Fsp3) is 0. The summed E-state index contributed by atoms with van der Waals surface area (Å²) < 4.78 is 14.8. The average Bonchev–Trinajstić information content (AvgIpc) is 3.53. The van der Waals surface area contributed by atoms with Crippen molar-refractivity contribution >= 4 is 43.7 Å². The maximum Gasteiger partial charge on any atom is 0.137 e. The van der Waals surface area contributed by atoms with Gasteiger partial charge >= 0.3 is 0 Å². The SMILES string of the molecule is c1ccc(-c2cccc(Oc3ccc4c5ccc6oc7ccccc7c6c5n(-c5ccccn5)c4c3)c2)nc1. The molecule has 8 rings (SSSR count). The Bertz CT molecular complexity index is 2140. The number of aromatic nitrogens is 3. The number of fused-ring (bicyclic) bond motifs is 7. The minimum Gasteiger partial charge on any atom is -0.457 e. The molecule has 0 N–H and O–H groups in total. The second-order valence-electron chi connectivity index (χ2n) is 9.48. The number of rotatable bonds is 4. The first-order valence-electron chi connectivity index (χ1n) is 12.8. The van der Waals surface area contributed by atoms with Crippen molar-refractivity contribution in [1.82, 2.24) is 14.5 Å². The van der Waals surface area contributed by atoms with Gasteiger partial charge in [0, 0.05) is 40.2 Å². The van der Waals surface area contributed by atoms with E-state index in [9.17, 15) is 0 Å². The lowest BCUT2D eigenvalue weighted by Gasteiger charge is -2.10. The predicted molar refractivity (Wildman–Crippen MR) is 156 cm³/mol. The molecule has 39 heavy (non-hydrogen) atoms. The first-order valence-corrected chi connectivity index (χ1v) is 12.8. The molecule has 0 unspecified atom stereocenters. The number of furan rings is 1. The molecule has 184 valence electrons. The van der Waals surface area contributed by atoms with Crippen molar-refractivity contribution in [1.29, 1.82) is 0 Å². The quantitative estimate of drug-likeness (QED) is 0.241. The molecular weight excluding hydrogens is 482 g/mol. The van der Waals surface area contributed by atoms with E-state index in [-0.39, 0.29) is 0 Å². The van der Waals surface area contributed by atoms with Crippen LogP contribution in [0.15, 0.2) is 132 Å². The summed E-state index contributed by atoms with van der Waals surface area (Å²) >= 11 is 0. The Morgan fingerprint density at radius 2 is 1.41 bits per heavy atom. The predicted octanol–water partition coefficient (Wildman–Crippen LogP) is 8.93. The number of hydrogen-bond acceptors (Lipinski definition) is 4.